The Morgan fingerprint density at radius 1 is 1.40 bits per heavy atom. The van der Waals surface area contributed by atoms with Crippen molar-refractivity contribution >= 4 is 39.0 Å². The zero-order valence-corrected chi connectivity index (χ0v) is 14.1. The minimum absolute atomic E-state index is 0.266. The summed E-state index contributed by atoms with van der Waals surface area (Å²) < 4.78 is 27.0. The lowest BCUT2D eigenvalue weighted by molar-refractivity contribution is 0.578. The van der Waals surface area contributed by atoms with Crippen LogP contribution in [0.4, 0.5) is 0 Å². The van der Waals surface area contributed by atoms with Gasteiger partial charge in [0.1, 0.15) is 4.99 Å². The van der Waals surface area contributed by atoms with E-state index in [0.29, 0.717) is 17.7 Å². The van der Waals surface area contributed by atoms with Gasteiger partial charge in [-0.15, -0.1) is 0 Å². The first-order valence-electron chi connectivity index (χ1n) is 6.27. The molecular formula is C13H20N2O2S3. The van der Waals surface area contributed by atoms with E-state index in [1.807, 2.05) is 6.26 Å². The van der Waals surface area contributed by atoms with Gasteiger partial charge in [0.25, 0.3) is 0 Å². The van der Waals surface area contributed by atoms with Crippen molar-refractivity contribution in [3.05, 3.63) is 29.3 Å². The molecule has 112 valence electrons. The fraction of sp³-hybridized carbons (Fsp3) is 0.462. The SMILES string of the molecule is CSCCCCNS(=O)(=O)c1ccc(C(N)=S)cc1C. The number of sulfonamides is 1. The van der Waals surface area contributed by atoms with Crippen LogP contribution in [0.1, 0.15) is 24.0 Å². The fourth-order valence-electron chi connectivity index (χ4n) is 1.76. The summed E-state index contributed by atoms with van der Waals surface area (Å²) in [6.07, 6.45) is 3.88. The lowest BCUT2D eigenvalue weighted by Gasteiger charge is -2.10. The Morgan fingerprint density at radius 2 is 2.10 bits per heavy atom. The molecule has 20 heavy (non-hydrogen) atoms. The summed E-state index contributed by atoms with van der Waals surface area (Å²) in [6.45, 7) is 2.20. The maximum Gasteiger partial charge on any atom is 0.240 e. The van der Waals surface area contributed by atoms with E-state index in [0.717, 1.165) is 18.6 Å². The van der Waals surface area contributed by atoms with Crippen LogP contribution in [0.25, 0.3) is 0 Å². The average Bonchev–Trinajstić information content (AvgIpc) is 2.37. The van der Waals surface area contributed by atoms with Crippen molar-refractivity contribution in [3.63, 3.8) is 0 Å². The molecular weight excluding hydrogens is 312 g/mol. The second kappa shape index (κ2) is 7.97. The second-order valence-corrected chi connectivity index (χ2v) is 7.60. The molecule has 0 unspecified atom stereocenters. The van der Waals surface area contributed by atoms with Crippen LogP contribution in [0, 0.1) is 6.92 Å². The Morgan fingerprint density at radius 3 is 2.65 bits per heavy atom. The van der Waals surface area contributed by atoms with Crippen molar-refractivity contribution in [2.24, 2.45) is 5.73 Å². The highest BCUT2D eigenvalue weighted by molar-refractivity contribution is 7.98. The zero-order valence-electron chi connectivity index (χ0n) is 11.7. The van der Waals surface area contributed by atoms with Crippen molar-refractivity contribution in [1.82, 2.24) is 4.72 Å². The third kappa shape index (κ3) is 5.05. The standard InChI is InChI=1S/C13H20N2O2S3/c1-10-9-11(13(14)18)5-6-12(10)20(16,17)15-7-3-4-8-19-2/h5-6,9,15H,3-4,7-8H2,1-2H3,(H2,14,18). The number of benzene rings is 1. The number of nitrogens with one attached hydrogen (secondary N) is 1. The fourth-order valence-corrected chi connectivity index (χ4v) is 3.68. The van der Waals surface area contributed by atoms with Gasteiger partial charge in [0.15, 0.2) is 0 Å². The molecule has 0 atom stereocenters. The van der Waals surface area contributed by atoms with E-state index in [1.165, 1.54) is 0 Å². The third-order valence-corrected chi connectivity index (χ3v) is 5.37. The van der Waals surface area contributed by atoms with Gasteiger partial charge in [0.05, 0.1) is 4.90 Å². The molecule has 0 aliphatic heterocycles. The number of thiocarbonyl (C=S) groups is 1. The van der Waals surface area contributed by atoms with Gasteiger partial charge in [-0.1, -0.05) is 18.3 Å². The molecule has 0 aliphatic carbocycles. The lowest BCUT2D eigenvalue weighted by Crippen LogP contribution is -2.25. The molecule has 0 fully saturated rings. The molecule has 0 aromatic heterocycles. The molecule has 0 spiro atoms. The van der Waals surface area contributed by atoms with E-state index in [-0.39, 0.29) is 9.88 Å². The summed E-state index contributed by atoms with van der Waals surface area (Å²) in [5.74, 6) is 1.05. The minimum atomic E-state index is -3.46. The number of nitrogens with two attached hydrogens (primary N) is 1. The Hall–Kier alpha value is -0.630. The minimum Gasteiger partial charge on any atom is -0.389 e. The molecule has 3 N–H and O–H groups in total. The first kappa shape index (κ1) is 17.4. The Labute approximate surface area is 130 Å². The van der Waals surface area contributed by atoms with Crippen molar-refractivity contribution in [2.45, 2.75) is 24.7 Å². The normalized spacial score (nSPS) is 11.5. The van der Waals surface area contributed by atoms with E-state index in [4.69, 9.17) is 18.0 Å². The quantitative estimate of drug-likeness (QED) is 0.563. The molecule has 0 aliphatic rings. The number of rotatable bonds is 8. The van der Waals surface area contributed by atoms with E-state index < -0.39 is 10.0 Å². The summed E-state index contributed by atoms with van der Waals surface area (Å²) in [7, 11) is -3.46. The van der Waals surface area contributed by atoms with Crippen LogP contribution in [-0.2, 0) is 10.0 Å². The van der Waals surface area contributed by atoms with Crippen LogP contribution < -0.4 is 10.5 Å². The number of hydrogen-bond donors (Lipinski definition) is 2. The summed E-state index contributed by atoms with van der Waals surface area (Å²) >= 11 is 6.64. The van der Waals surface area contributed by atoms with E-state index >= 15 is 0 Å². The molecule has 1 aromatic rings. The molecule has 0 saturated heterocycles. The van der Waals surface area contributed by atoms with E-state index in [1.54, 1.807) is 36.9 Å². The van der Waals surface area contributed by atoms with E-state index in [2.05, 4.69) is 4.72 Å². The molecule has 0 saturated carbocycles. The number of aryl methyl sites for hydroxylation is 1. The molecule has 1 aromatic carbocycles. The Kier molecular flexibility index (Phi) is 6.94. The topological polar surface area (TPSA) is 72.2 Å². The maximum atomic E-state index is 12.2. The van der Waals surface area contributed by atoms with Crippen LogP contribution >= 0.6 is 24.0 Å². The van der Waals surface area contributed by atoms with Crippen LogP contribution in [0.15, 0.2) is 23.1 Å². The van der Waals surface area contributed by atoms with Crippen molar-refractivity contribution in [2.75, 3.05) is 18.6 Å². The summed E-state index contributed by atoms with van der Waals surface area (Å²) in [6, 6.07) is 4.89. The van der Waals surface area contributed by atoms with Gasteiger partial charge in [-0.25, -0.2) is 13.1 Å². The number of thioether (sulfide) groups is 1. The van der Waals surface area contributed by atoms with Gasteiger partial charge >= 0.3 is 0 Å². The predicted octanol–water partition coefficient (Wildman–Crippen LogP) is 2.05. The van der Waals surface area contributed by atoms with Gasteiger partial charge in [-0.3, -0.25) is 0 Å². The highest BCUT2D eigenvalue weighted by Crippen LogP contribution is 2.16. The van der Waals surface area contributed by atoms with Crippen molar-refractivity contribution in [3.8, 4) is 0 Å². The summed E-state index contributed by atoms with van der Waals surface area (Å²) in [4.78, 5) is 0.546. The molecule has 0 amide bonds. The summed E-state index contributed by atoms with van der Waals surface area (Å²) in [5.41, 5.74) is 6.86. The zero-order chi connectivity index (χ0) is 15.2. The largest absolute Gasteiger partial charge is 0.389 e. The number of hydrogen-bond acceptors (Lipinski definition) is 4. The second-order valence-electron chi connectivity index (χ2n) is 4.44. The van der Waals surface area contributed by atoms with E-state index in [9.17, 15) is 8.42 Å². The van der Waals surface area contributed by atoms with Crippen LogP contribution in [0.3, 0.4) is 0 Å². The summed E-state index contributed by atoms with van der Waals surface area (Å²) in [5, 5.41) is 0. The number of unbranched alkanes of at least 4 members (excludes halogenated alkanes) is 1. The predicted molar refractivity (Wildman–Crippen MR) is 89.9 cm³/mol. The molecule has 0 radical (unpaired) electrons. The average molecular weight is 333 g/mol. The Bertz CT molecular complexity index is 571. The van der Waals surface area contributed by atoms with Crippen LogP contribution in [0.2, 0.25) is 0 Å². The van der Waals surface area contributed by atoms with Crippen LogP contribution in [0.5, 0.6) is 0 Å². The first-order valence-corrected chi connectivity index (χ1v) is 9.56. The first-order chi connectivity index (χ1) is 9.38. The molecule has 0 bridgehead atoms. The van der Waals surface area contributed by atoms with Gasteiger partial charge in [-0.05, 0) is 49.5 Å². The highest BCUT2D eigenvalue weighted by Gasteiger charge is 2.16. The van der Waals surface area contributed by atoms with Gasteiger partial charge in [0.2, 0.25) is 10.0 Å². The molecule has 4 nitrogen and oxygen atoms in total. The van der Waals surface area contributed by atoms with Crippen molar-refractivity contribution in [1.29, 1.82) is 0 Å². The Balaban J connectivity index is 2.75. The van der Waals surface area contributed by atoms with Gasteiger partial charge in [-0.2, -0.15) is 11.8 Å². The monoisotopic (exact) mass is 332 g/mol. The van der Waals surface area contributed by atoms with Gasteiger partial charge < -0.3 is 5.73 Å². The smallest absolute Gasteiger partial charge is 0.240 e. The molecule has 0 heterocycles. The molecule has 1 rings (SSSR count). The maximum absolute atomic E-state index is 12.2. The van der Waals surface area contributed by atoms with Gasteiger partial charge in [0, 0.05) is 12.1 Å². The lowest BCUT2D eigenvalue weighted by atomic mass is 10.1. The third-order valence-electron chi connectivity index (χ3n) is 2.82. The highest BCUT2D eigenvalue weighted by atomic mass is 32.2. The van der Waals surface area contributed by atoms with Crippen molar-refractivity contribution < 1.29 is 8.42 Å². The van der Waals surface area contributed by atoms with Crippen LogP contribution in [-0.4, -0.2) is 32.0 Å². The molecule has 7 heteroatoms.